The highest BCUT2D eigenvalue weighted by Gasteiger charge is 2.43. The first kappa shape index (κ1) is 11.1. The van der Waals surface area contributed by atoms with Crippen molar-refractivity contribution in [2.75, 3.05) is 11.5 Å². The Morgan fingerprint density at radius 2 is 2.29 bits per heavy atom. The molecule has 1 saturated heterocycles. The van der Waals surface area contributed by atoms with Crippen LogP contribution < -0.4 is 0 Å². The molecule has 82 valence electrons. The molecule has 2 nitrogen and oxygen atoms in total. The molecule has 1 heterocycles. The van der Waals surface area contributed by atoms with Crippen molar-refractivity contribution in [1.82, 2.24) is 0 Å². The Hall–Kier alpha value is 0.650. The summed E-state index contributed by atoms with van der Waals surface area (Å²) in [5.41, 5.74) is 0.189. The van der Waals surface area contributed by atoms with E-state index in [9.17, 15) is 0 Å². The number of hydrogen-bond donors (Lipinski definition) is 0. The molecule has 3 atom stereocenters. The zero-order valence-corrected chi connectivity index (χ0v) is 11.0. The number of methoxy groups -OCH3 is 1. The summed E-state index contributed by atoms with van der Waals surface area (Å²) in [6, 6.07) is 0. The van der Waals surface area contributed by atoms with Crippen LogP contribution >= 0.6 is 22.6 Å². The van der Waals surface area contributed by atoms with Gasteiger partial charge in [0.15, 0.2) is 0 Å². The maximum absolute atomic E-state index is 6.18. The Balaban J connectivity index is 1.95. The van der Waals surface area contributed by atoms with Gasteiger partial charge in [-0.15, -0.1) is 0 Å². The minimum Gasteiger partial charge on any atom is -0.381 e. The maximum atomic E-state index is 6.18. The topological polar surface area (TPSA) is 18.5 Å². The first-order valence-electron chi connectivity index (χ1n) is 5.54. The fourth-order valence-corrected chi connectivity index (χ4v) is 3.43. The molecule has 14 heavy (non-hydrogen) atoms. The summed E-state index contributed by atoms with van der Waals surface area (Å²) in [6.07, 6.45) is 8.31. The predicted octanol–water partition coefficient (Wildman–Crippen LogP) is 2.93. The molecule has 1 spiro atoms. The largest absolute Gasteiger partial charge is 0.381 e. The lowest BCUT2D eigenvalue weighted by Crippen LogP contribution is -2.38. The van der Waals surface area contributed by atoms with Crippen LogP contribution in [0.4, 0.5) is 0 Å². The standard InChI is InChI=1S/C11H19IO2/c1-13-9-3-2-5-11(7-9)6-4-10(8-12)14-11/h9-10H,2-8H2,1H3. The summed E-state index contributed by atoms with van der Waals surface area (Å²) >= 11 is 2.43. The van der Waals surface area contributed by atoms with Gasteiger partial charge >= 0.3 is 0 Å². The lowest BCUT2D eigenvalue weighted by Gasteiger charge is -2.37. The summed E-state index contributed by atoms with van der Waals surface area (Å²) in [5, 5.41) is 0. The smallest absolute Gasteiger partial charge is 0.0712 e. The van der Waals surface area contributed by atoms with Crippen molar-refractivity contribution < 1.29 is 9.47 Å². The number of rotatable bonds is 2. The maximum Gasteiger partial charge on any atom is 0.0712 e. The molecule has 2 fully saturated rings. The van der Waals surface area contributed by atoms with Gasteiger partial charge in [-0.25, -0.2) is 0 Å². The average molecular weight is 310 g/mol. The first-order valence-corrected chi connectivity index (χ1v) is 7.07. The molecule has 0 amide bonds. The summed E-state index contributed by atoms with van der Waals surface area (Å²) in [5.74, 6) is 0. The normalized spacial score (nSPS) is 43.3. The van der Waals surface area contributed by atoms with Gasteiger partial charge < -0.3 is 9.47 Å². The molecular weight excluding hydrogens is 291 g/mol. The molecule has 0 aromatic rings. The van der Waals surface area contributed by atoms with Gasteiger partial charge in [-0.1, -0.05) is 22.6 Å². The Labute approximate surface area is 99.9 Å². The number of ether oxygens (including phenoxy) is 2. The molecule has 2 rings (SSSR count). The zero-order valence-electron chi connectivity index (χ0n) is 8.80. The Bertz CT molecular complexity index is 198. The zero-order chi connectivity index (χ0) is 10.0. The van der Waals surface area contributed by atoms with E-state index in [-0.39, 0.29) is 5.60 Å². The first-order chi connectivity index (χ1) is 6.78. The molecule has 0 N–H and O–H groups in total. The third-order valence-electron chi connectivity index (χ3n) is 3.60. The minimum atomic E-state index is 0.189. The van der Waals surface area contributed by atoms with E-state index in [1.54, 1.807) is 0 Å². The number of hydrogen-bond acceptors (Lipinski definition) is 2. The Morgan fingerprint density at radius 3 is 2.93 bits per heavy atom. The molecule has 0 radical (unpaired) electrons. The van der Waals surface area contributed by atoms with Gasteiger partial charge in [0.1, 0.15) is 0 Å². The van der Waals surface area contributed by atoms with Crippen molar-refractivity contribution >= 4 is 22.6 Å². The van der Waals surface area contributed by atoms with Gasteiger partial charge in [-0.05, 0) is 32.1 Å². The van der Waals surface area contributed by atoms with Crippen LogP contribution in [0, 0.1) is 0 Å². The Morgan fingerprint density at radius 1 is 1.43 bits per heavy atom. The molecule has 1 aliphatic heterocycles. The van der Waals surface area contributed by atoms with Crippen molar-refractivity contribution in [3.63, 3.8) is 0 Å². The van der Waals surface area contributed by atoms with Crippen molar-refractivity contribution in [2.45, 2.75) is 56.3 Å². The van der Waals surface area contributed by atoms with Crippen LogP contribution in [0.15, 0.2) is 0 Å². The van der Waals surface area contributed by atoms with E-state index in [1.165, 1.54) is 32.1 Å². The second kappa shape index (κ2) is 4.66. The third kappa shape index (κ3) is 2.25. The van der Waals surface area contributed by atoms with Gasteiger partial charge in [0, 0.05) is 18.0 Å². The molecule has 0 aromatic heterocycles. The van der Waals surface area contributed by atoms with Crippen LogP contribution in [0.2, 0.25) is 0 Å². The predicted molar refractivity (Wildman–Crippen MR) is 65.0 cm³/mol. The molecule has 0 bridgehead atoms. The fraction of sp³-hybridized carbons (Fsp3) is 1.00. The van der Waals surface area contributed by atoms with E-state index in [1.807, 2.05) is 7.11 Å². The van der Waals surface area contributed by atoms with Crippen LogP contribution in [0.1, 0.15) is 38.5 Å². The second-order valence-electron chi connectivity index (χ2n) is 4.57. The minimum absolute atomic E-state index is 0.189. The van der Waals surface area contributed by atoms with Crippen LogP contribution in [0.25, 0.3) is 0 Å². The lowest BCUT2D eigenvalue weighted by molar-refractivity contribution is -0.0927. The van der Waals surface area contributed by atoms with Crippen LogP contribution in [-0.2, 0) is 9.47 Å². The van der Waals surface area contributed by atoms with E-state index in [4.69, 9.17) is 9.47 Å². The quantitative estimate of drug-likeness (QED) is 0.577. The van der Waals surface area contributed by atoms with E-state index in [0.29, 0.717) is 12.2 Å². The van der Waals surface area contributed by atoms with E-state index in [0.717, 1.165) is 10.8 Å². The third-order valence-corrected chi connectivity index (χ3v) is 4.58. The lowest BCUT2D eigenvalue weighted by atomic mass is 9.81. The Kier molecular flexibility index (Phi) is 3.71. The van der Waals surface area contributed by atoms with Crippen LogP contribution in [0.3, 0.4) is 0 Å². The second-order valence-corrected chi connectivity index (χ2v) is 5.45. The van der Waals surface area contributed by atoms with Gasteiger partial charge in [-0.3, -0.25) is 0 Å². The van der Waals surface area contributed by atoms with Gasteiger partial charge in [0.05, 0.1) is 17.8 Å². The molecule has 1 aliphatic carbocycles. The molecular formula is C11H19IO2. The molecule has 2 aliphatic rings. The number of halogens is 1. The highest BCUT2D eigenvalue weighted by Crippen LogP contribution is 2.42. The van der Waals surface area contributed by atoms with E-state index in [2.05, 4.69) is 22.6 Å². The summed E-state index contributed by atoms with van der Waals surface area (Å²) in [6.45, 7) is 0. The number of alkyl halides is 1. The van der Waals surface area contributed by atoms with Gasteiger partial charge in [0.2, 0.25) is 0 Å². The summed E-state index contributed by atoms with van der Waals surface area (Å²) < 4.78 is 12.8. The molecule has 0 aromatic carbocycles. The molecule has 1 saturated carbocycles. The molecule has 3 heteroatoms. The fourth-order valence-electron chi connectivity index (χ4n) is 2.81. The van der Waals surface area contributed by atoms with Gasteiger partial charge in [0.25, 0.3) is 0 Å². The monoisotopic (exact) mass is 310 g/mol. The van der Waals surface area contributed by atoms with Crippen molar-refractivity contribution in [3.05, 3.63) is 0 Å². The van der Waals surface area contributed by atoms with E-state index < -0.39 is 0 Å². The highest BCUT2D eigenvalue weighted by molar-refractivity contribution is 14.1. The van der Waals surface area contributed by atoms with Crippen molar-refractivity contribution in [2.24, 2.45) is 0 Å². The van der Waals surface area contributed by atoms with Gasteiger partial charge in [-0.2, -0.15) is 0 Å². The summed E-state index contributed by atoms with van der Waals surface area (Å²) in [4.78, 5) is 0. The van der Waals surface area contributed by atoms with Crippen molar-refractivity contribution in [1.29, 1.82) is 0 Å². The summed E-state index contributed by atoms with van der Waals surface area (Å²) in [7, 11) is 1.83. The SMILES string of the molecule is COC1CCCC2(CCC(CI)O2)C1. The van der Waals surface area contributed by atoms with Crippen molar-refractivity contribution in [3.8, 4) is 0 Å². The van der Waals surface area contributed by atoms with Crippen LogP contribution in [0.5, 0.6) is 0 Å². The van der Waals surface area contributed by atoms with E-state index >= 15 is 0 Å². The van der Waals surface area contributed by atoms with Crippen LogP contribution in [-0.4, -0.2) is 29.3 Å². The highest BCUT2D eigenvalue weighted by atomic mass is 127. The average Bonchev–Trinajstić information content (AvgIpc) is 2.61. The molecule has 3 unspecified atom stereocenters.